The number of nitrogens with zero attached hydrogens (tertiary/aromatic N) is 1. The van der Waals surface area contributed by atoms with E-state index in [0.29, 0.717) is 28.0 Å². The van der Waals surface area contributed by atoms with Gasteiger partial charge in [-0.3, -0.25) is 9.59 Å². The number of carbonyl (C=O) groups is 2. The SMILES string of the molecule is CC(C)CNC(=O)[C@H](Cc1ccccc1)N(Cc1ccc(Cl)c(Cl)c1)C(=O)Cc1ccc(Cl)cc1. The first-order valence-corrected chi connectivity index (χ1v) is 12.7. The van der Waals surface area contributed by atoms with E-state index in [4.69, 9.17) is 34.8 Å². The van der Waals surface area contributed by atoms with Crippen LogP contribution in [0.25, 0.3) is 0 Å². The molecule has 0 spiro atoms. The molecular formula is C28H29Cl3N2O2. The molecule has 4 nitrogen and oxygen atoms in total. The van der Waals surface area contributed by atoms with Crippen molar-refractivity contribution in [3.05, 3.63) is 105 Å². The lowest BCUT2D eigenvalue weighted by Crippen LogP contribution is -2.51. The van der Waals surface area contributed by atoms with Gasteiger partial charge in [0.2, 0.25) is 11.8 Å². The van der Waals surface area contributed by atoms with Crippen molar-refractivity contribution in [3.63, 3.8) is 0 Å². The summed E-state index contributed by atoms with van der Waals surface area (Å²) in [5.74, 6) is -0.0734. The second kappa shape index (κ2) is 13.0. The second-order valence-electron chi connectivity index (χ2n) is 8.92. The summed E-state index contributed by atoms with van der Waals surface area (Å²) >= 11 is 18.4. The highest BCUT2D eigenvalue weighted by Crippen LogP contribution is 2.25. The lowest BCUT2D eigenvalue weighted by atomic mass is 10.0. The van der Waals surface area contributed by atoms with Gasteiger partial charge in [-0.1, -0.05) is 97.2 Å². The first-order valence-electron chi connectivity index (χ1n) is 11.5. The van der Waals surface area contributed by atoms with Crippen LogP contribution >= 0.6 is 34.8 Å². The zero-order valence-corrected chi connectivity index (χ0v) is 22.1. The maximum absolute atomic E-state index is 13.7. The summed E-state index contributed by atoms with van der Waals surface area (Å²) in [5, 5.41) is 4.45. The van der Waals surface area contributed by atoms with Crippen LogP contribution in [0, 0.1) is 5.92 Å². The van der Waals surface area contributed by atoms with Gasteiger partial charge in [0.1, 0.15) is 6.04 Å². The van der Waals surface area contributed by atoms with Gasteiger partial charge in [0.05, 0.1) is 16.5 Å². The topological polar surface area (TPSA) is 49.4 Å². The summed E-state index contributed by atoms with van der Waals surface area (Å²) in [7, 11) is 0. The monoisotopic (exact) mass is 530 g/mol. The van der Waals surface area contributed by atoms with Crippen molar-refractivity contribution in [3.8, 4) is 0 Å². The van der Waals surface area contributed by atoms with Crippen LogP contribution < -0.4 is 5.32 Å². The van der Waals surface area contributed by atoms with Crippen molar-refractivity contribution in [2.24, 2.45) is 5.92 Å². The van der Waals surface area contributed by atoms with E-state index in [1.165, 1.54) is 0 Å². The first-order chi connectivity index (χ1) is 16.7. The van der Waals surface area contributed by atoms with Crippen LogP contribution in [0.2, 0.25) is 15.1 Å². The van der Waals surface area contributed by atoms with Crippen molar-refractivity contribution in [2.45, 2.75) is 39.3 Å². The predicted octanol–water partition coefficient (Wildman–Crippen LogP) is 6.60. The summed E-state index contributed by atoms with van der Waals surface area (Å²) in [6.45, 7) is 4.81. The number of halogens is 3. The van der Waals surface area contributed by atoms with Gasteiger partial charge in [-0.25, -0.2) is 0 Å². The van der Waals surface area contributed by atoms with Crippen molar-refractivity contribution in [2.75, 3.05) is 6.54 Å². The van der Waals surface area contributed by atoms with E-state index in [2.05, 4.69) is 5.32 Å². The number of rotatable bonds is 10. The molecule has 0 unspecified atom stereocenters. The Morgan fingerprint density at radius 1 is 0.829 bits per heavy atom. The fourth-order valence-corrected chi connectivity index (χ4v) is 4.14. The van der Waals surface area contributed by atoms with Crippen LogP contribution in [0.4, 0.5) is 0 Å². The smallest absolute Gasteiger partial charge is 0.243 e. The average molecular weight is 532 g/mol. The molecule has 35 heavy (non-hydrogen) atoms. The third kappa shape index (κ3) is 8.28. The third-order valence-electron chi connectivity index (χ3n) is 5.56. The minimum atomic E-state index is -0.703. The average Bonchev–Trinajstić information content (AvgIpc) is 2.84. The van der Waals surface area contributed by atoms with E-state index in [9.17, 15) is 9.59 Å². The molecule has 0 radical (unpaired) electrons. The Labute approximate surface area is 222 Å². The molecule has 0 saturated carbocycles. The largest absolute Gasteiger partial charge is 0.354 e. The fourth-order valence-electron chi connectivity index (χ4n) is 3.69. The lowest BCUT2D eigenvalue weighted by Gasteiger charge is -2.32. The molecule has 0 bridgehead atoms. The second-order valence-corrected chi connectivity index (χ2v) is 10.2. The molecule has 1 atom stereocenters. The van der Waals surface area contributed by atoms with E-state index < -0.39 is 6.04 Å². The molecule has 3 aromatic rings. The van der Waals surface area contributed by atoms with Crippen LogP contribution in [0.1, 0.15) is 30.5 Å². The molecule has 184 valence electrons. The Bertz CT molecular complexity index is 1130. The van der Waals surface area contributed by atoms with Crippen LogP contribution in [0.5, 0.6) is 0 Å². The summed E-state index contributed by atoms with van der Waals surface area (Å²) in [5.41, 5.74) is 2.58. The molecule has 0 saturated heterocycles. The molecule has 3 rings (SSSR count). The van der Waals surface area contributed by atoms with E-state index in [1.807, 2.05) is 62.4 Å². The van der Waals surface area contributed by atoms with Crippen LogP contribution in [0.3, 0.4) is 0 Å². The molecule has 0 aliphatic heterocycles. The molecule has 0 aromatic heterocycles. The summed E-state index contributed by atoms with van der Waals surface area (Å²) < 4.78 is 0. The molecule has 0 fully saturated rings. The molecule has 7 heteroatoms. The predicted molar refractivity (Wildman–Crippen MR) is 144 cm³/mol. The number of hydrogen-bond acceptors (Lipinski definition) is 2. The number of amides is 2. The van der Waals surface area contributed by atoms with Gasteiger partial charge >= 0.3 is 0 Å². The number of nitrogens with one attached hydrogen (secondary N) is 1. The zero-order valence-electron chi connectivity index (χ0n) is 19.8. The van der Waals surface area contributed by atoms with Gasteiger partial charge in [0.15, 0.2) is 0 Å². The Balaban J connectivity index is 1.96. The Kier molecular flexibility index (Phi) is 10.0. The molecule has 0 heterocycles. The maximum atomic E-state index is 13.7. The minimum Gasteiger partial charge on any atom is -0.354 e. The lowest BCUT2D eigenvalue weighted by molar-refractivity contribution is -0.140. The normalized spacial score (nSPS) is 11.8. The standard InChI is InChI=1S/C28H29Cl3N2O2/c1-19(2)17-32-28(35)26(15-20-6-4-3-5-7-20)33(18-22-10-13-24(30)25(31)14-22)27(34)16-21-8-11-23(29)12-9-21/h3-14,19,26H,15-18H2,1-2H3,(H,32,35)/t26-/m0/s1. The van der Waals surface area contributed by atoms with Crippen LogP contribution in [-0.2, 0) is 29.0 Å². The summed E-state index contributed by atoms with van der Waals surface area (Å²) in [6.07, 6.45) is 0.527. The number of carbonyl (C=O) groups excluding carboxylic acids is 2. The van der Waals surface area contributed by atoms with Crippen molar-refractivity contribution < 1.29 is 9.59 Å². The van der Waals surface area contributed by atoms with E-state index in [0.717, 1.165) is 16.7 Å². The number of hydrogen-bond donors (Lipinski definition) is 1. The molecule has 0 aliphatic carbocycles. The first kappa shape index (κ1) is 27.1. The molecule has 1 N–H and O–H groups in total. The van der Waals surface area contributed by atoms with Gasteiger partial charge in [-0.2, -0.15) is 0 Å². The Morgan fingerprint density at radius 3 is 2.11 bits per heavy atom. The summed E-state index contributed by atoms with van der Waals surface area (Å²) in [4.78, 5) is 28.8. The van der Waals surface area contributed by atoms with Crippen molar-refractivity contribution in [1.82, 2.24) is 10.2 Å². The third-order valence-corrected chi connectivity index (χ3v) is 6.55. The maximum Gasteiger partial charge on any atom is 0.243 e. The Morgan fingerprint density at radius 2 is 1.49 bits per heavy atom. The van der Waals surface area contributed by atoms with Gasteiger partial charge < -0.3 is 10.2 Å². The highest BCUT2D eigenvalue weighted by atomic mass is 35.5. The Hall–Kier alpha value is -2.53. The van der Waals surface area contributed by atoms with Crippen molar-refractivity contribution in [1.29, 1.82) is 0 Å². The highest BCUT2D eigenvalue weighted by molar-refractivity contribution is 6.42. The highest BCUT2D eigenvalue weighted by Gasteiger charge is 2.30. The van der Waals surface area contributed by atoms with Crippen LogP contribution in [0.15, 0.2) is 72.8 Å². The fraction of sp³-hybridized carbons (Fsp3) is 0.286. The van der Waals surface area contributed by atoms with Gasteiger partial charge in [-0.05, 0) is 46.9 Å². The molecule has 0 aliphatic rings. The van der Waals surface area contributed by atoms with Gasteiger partial charge in [0, 0.05) is 24.5 Å². The molecular weight excluding hydrogens is 503 g/mol. The van der Waals surface area contributed by atoms with Crippen LogP contribution in [-0.4, -0.2) is 29.3 Å². The van der Waals surface area contributed by atoms with E-state index in [1.54, 1.807) is 29.2 Å². The van der Waals surface area contributed by atoms with Gasteiger partial charge in [-0.15, -0.1) is 0 Å². The van der Waals surface area contributed by atoms with Crippen molar-refractivity contribution >= 4 is 46.6 Å². The quantitative estimate of drug-likeness (QED) is 0.320. The summed E-state index contributed by atoms with van der Waals surface area (Å²) in [6, 6.07) is 21.4. The van der Waals surface area contributed by atoms with E-state index >= 15 is 0 Å². The van der Waals surface area contributed by atoms with Gasteiger partial charge in [0.25, 0.3) is 0 Å². The zero-order chi connectivity index (χ0) is 25.4. The molecule has 3 aromatic carbocycles. The molecule has 2 amide bonds. The number of benzene rings is 3. The minimum absolute atomic E-state index is 0.140. The van der Waals surface area contributed by atoms with E-state index in [-0.39, 0.29) is 30.7 Å².